The Morgan fingerprint density at radius 2 is 1.80 bits per heavy atom. The van der Waals surface area contributed by atoms with Crippen molar-refractivity contribution in [1.29, 1.82) is 0 Å². The van der Waals surface area contributed by atoms with Gasteiger partial charge in [0.25, 0.3) is 5.91 Å². The van der Waals surface area contributed by atoms with Crippen LogP contribution in [-0.4, -0.2) is 18.1 Å². The number of rotatable bonds is 3. The third-order valence-electron chi connectivity index (χ3n) is 5.80. The minimum absolute atomic E-state index is 0.0172. The van der Waals surface area contributed by atoms with Gasteiger partial charge in [-0.2, -0.15) is 13.2 Å². The standard InChI is InChI=1S/C25H15F4NO5/c1-34-19-9-12(5-7-17(19)31)21-20-22(32)16-11-14(26)6-8-18(16)35-23(20)24(33)30(21)15-4-2-3-13(10-15)25(27,28)29/h2-11,21,31H,1H3. The van der Waals surface area contributed by atoms with Gasteiger partial charge in [-0.15, -0.1) is 0 Å². The van der Waals surface area contributed by atoms with Gasteiger partial charge in [0.1, 0.15) is 11.4 Å². The summed E-state index contributed by atoms with van der Waals surface area (Å²) < 4.78 is 65.0. The Morgan fingerprint density at radius 1 is 1.03 bits per heavy atom. The average molecular weight is 485 g/mol. The van der Waals surface area contributed by atoms with E-state index in [4.69, 9.17) is 9.15 Å². The van der Waals surface area contributed by atoms with Crippen molar-refractivity contribution >= 4 is 22.6 Å². The number of methoxy groups -OCH3 is 1. The average Bonchev–Trinajstić information content (AvgIpc) is 3.12. The fourth-order valence-electron chi connectivity index (χ4n) is 4.22. The monoisotopic (exact) mass is 485 g/mol. The summed E-state index contributed by atoms with van der Waals surface area (Å²) in [7, 11) is 1.29. The molecule has 0 bridgehead atoms. The topological polar surface area (TPSA) is 80.0 Å². The van der Waals surface area contributed by atoms with Gasteiger partial charge in [-0.3, -0.25) is 14.5 Å². The lowest BCUT2D eigenvalue weighted by Crippen LogP contribution is -2.29. The molecule has 1 atom stereocenters. The zero-order valence-corrected chi connectivity index (χ0v) is 17.9. The van der Waals surface area contributed by atoms with Gasteiger partial charge in [-0.1, -0.05) is 12.1 Å². The van der Waals surface area contributed by atoms with Gasteiger partial charge >= 0.3 is 6.18 Å². The maximum absolute atomic E-state index is 13.9. The number of ether oxygens (including phenoxy) is 1. The van der Waals surface area contributed by atoms with Crippen LogP contribution in [0.25, 0.3) is 11.0 Å². The number of benzene rings is 3. The summed E-state index contributed by atoms with van der Waals surface area (Å²) in [4.78, 5) is 27.9. The van der Waals surface area contributed by atoms with E-state index in [9.17, 15) is 32.3 Å². The number of nitrogens with zero attached hydrogens (tertiary/aromatic N) is 1. The zero-order valence-electron chi connectivity index (χ0n) is 17.9. The fraction of sp³-hybridized carbons (Fsp3) is 0.120. The fourth-order valence-corrected chi connectivity index (χ4v) is 4.22. The normalized spacial score (nSPS) is 15.5. The highest BCUT2D eigenvalue weighted by Crippen LogP contribution is 2.44. The lowest BCUT2D eigenvalue weighted by atomic mass is 9.97. The Bertz CT molecular complexity index is 1560. The highest BCUT2D eigenvalue weighted by atomic mass is 19.4. The van der Waals surface area contributed by atoms with Crippen molar-refractivity contribution in [2.24, 2.45) is 0 Å². The molecule has 0 spiro atoms. The number of aromatic hydroxyl groups is 1. The zero-order chi connectivity index (χ0) is 25.1. The van der Waals surface area contributed by atoms with Crippen LogP contribution >= 0.6 is 0 Å². The molecule has 1 aliphatic heterocycles. The number of halogens is 4. The summed E-state index contributed by atoms with van der Waals surface area (Å²) in [5.41, 5.74) is -1.79. The maximum Gasteiger partial charge on any atom is 0.416 e. The number of hydrogen-bond acceptors (Lipinski definition) is 5. The van der Waals surface area contributed by atoms with E-state index < -0.39 is 34.9 Å². The first-order valence-corrected chi connectivity index (χ1v) is 10.2. The molecule has 0 radical (unpaired) electrons. The van der Waals surface area contributed by atoms with Gasteiger partial charge in [0.2, 0.25) is 5.76 Å². The highest BCUT2D eigenvalue weighted by molar-refractivity contribution is 6.10. The first kappa shape index (κ1) is 22.5. The molecule has 4 aromatic rings. The SMILES string of the molecule is COc1cc(C2c3c(oc4ccc(F)cc4c3=O)C(=O)N2c2cccc(C(F)(F)F)c2)ccc1O. The quantitative estimate of drug-likeness (QED) is 0.393. The van der Waals surface area contributed by atoms with Crippen LogP contribution in [0.1, 0.15) is 33.3 Å². The lowest BCUT2D eigenvalue weighted by molar-refractivity contribution is -0.137. The van der Waals surface area contributed by atoms with E-state index in [1.54, 1.807) is 0 Å². The van der Waals surface area contributed by atoms with Gasteiger partial charge in [0, 0.05) is 5.69 Å². The molecular formula is C25H15F4NO5. The molecule has 2 heterocycles. The second-order valence-corrected chi connectivity index (χ2v) is 7.87. The van der Waals surface area contributed by atoms with Gasteiger partial charge in [-0.25, -0.2) is 4.39 Å². The van der Waals surface area contributed by atoms with Crippen molar-refractivity contribution in [2.45, 2.75) is 12.2 Å². The van der Waals surface area contributed by atoms with Gasteiger partial charge < -0.3 is 14.3 Å². The molecule has 178 valence electrons. The smallest absolute Gasteiger partial charge is 0.416 e. The van der Waals surface area contributed by atoms with Crippen LogP contribution in [0.4, 0.5) is 23.2 Å². The summed E-state index contributed by atoms with van der Waals surface area (Å²) >= 11 is 0. The summed E-state index contributed by atoms with van der Waals surface area (Å²) in [5.74, 6) is -2.13. The Kier molecular flexibility index (Phi) is 5.04. The number of carbonyl (C=O) groups is 1. The molecule has 1 amide bonds. The van der Waals surface area contributed by atoms with Crippen LogP contribution in [0.2, 0.25) is 0 Å². The molecular weight excluding hydrogens is 470 g/mol. The number of amides is 1. The van der Waals surface area contributed by atoms with Crippen molar-refractivity contribution in [2.75, 3.05) is 12.0 Å². The Labute approximate surface area is 194 Å². The molecule has 6 nitrogen and oxygen atoms in total. The number of alkyl halides is 3. The lowest BCUT2D eigenvalue weighted by Gasteiger charge is -2.26. The molecule has 3 aromatic carbocycles. The summed E-state index contributed by atoms with van der Waals surface area (Å²) in [6.07, 6.45) is -4.68. The predicted molar refractivity (Wildman–Crippen MR) is 117 cm³/mol. The number of anilines is 1. The minimum Gasteiger partial charge on any atom is -0.504 e. The molecule has 35 heavy (non-hydrogen) atoms. The summed E-state index contributed by atoms with van der Waals surface area (Å²) in [6.45, 7) is 0. The van der Waals surface area contributed by atoms with Crippen molar-refractivity contribution in [1.82, 2.24) is 0 Å². The van der Waals surface area contributed by atoms with Crippen LogP contribution in [0.15, 0.2) is 69.9 Å². The number of hydrogen-bond donors (Lipinski definition) is 1. The predicted octanol–water partition coefficient (Wildman–Crippen LogP) is 5.41. The number of phenolic OH excluding ortho intramolecular Hbond substituents is 1. The molecule has 1 aliphatic rings. The van der Waals surface area contributed by atoms with E-state index in [2.05, 4.69) is 0 Å². The first-order valence-electron chi connectivity index (χ1n) is 10.2. The molecule has 0 saturated carbocycles. The largest absolute Gasteiger partial charge is 0.504 e. The van der Waals surface area contributed by atoms with Crippen LogP contribution in [0, 0.1) is 5.82 Å². The van der Waals surface area contributed by atoms with E-state index >= 15 is 0 Å². The van der Waals surface area contributed by atoms with E-state index in [0.29, 0.717) is 0 Å². The number of fused-ring (bicyclic) bond motifs is 2. The molecule has 0 fully saturated rings. The van der Waals surface area contributed by atoms with Crippen LogP contribution in [0.5, 0.6) is 11.5 Å². The Hall–Kier alpha value is -4.34. The second-order valence-electron chi connectivity index (χ2n) is 7.87. The molecule has 5 rings (SSSR count). The Morgan fingerprint density at radius 3 is 2.51 bits per heavy atom. The van der Waals surface area contributed by atoms with E-state index in [1.807, 2.05) is 0 Å². The molecule has 0 saturated heterocycles. The Balaban J connectivity index is 1.81. The third kappa shape index (κ3) is 3.58. The second kappa shape index (κ2) is 7.86. The molecule has 1 N–H and O–H groups in total. The minimum atomic E-state index is -4.68. The summed E-state index contributed by atoms with van der Waals surface area (Å²) in [5, 5.41) is 9.88. The van der Waals surface area contributed by atoms with Crippen LogP contribution in [0.3, 0.4) is 0 Å². The third-order valence-corrected chi connectivity index (χ3v) is 5.80. The first-order chi connectivity index (χ1) is 16.6. The number of carbonyl (C=O) groups excluding carboxylic acids is 1. The van der Waals surface area contributed by atoms with Crippen LogP contribution in [-0.2, 0) is 6.18 Å². The van der Waals surface area contributed by atoms with Gasteiger partial charge in [-0.05, 0) is 54.1 Å². The van der Waals surface area contributed by atoms with Crippen molar-refractivity contribution < 1.29 is 36.6 Å². The van der Waals surface area contributed by atoms with E-state index in [0.717, 1.165) is 35.2 Å². The maximum atomic E-state index is 13.9. The van der Waals surface area contributed by atoms with Gasteiger partial charge in [0.15, 0.2) is 16.9 Å². The summed E-state index contributed by atoms with van der Waals surface area (Å²) in [6, 6.07) is 10.1. The number of phenols is 1. The molecule has 1 unspecified atom stereocenters. The molecule has 10 heteroatoms. The van der Waals surface area contributed by atoms with E-state index in [1.165, 1.54) is 37.4 Å². The molecule has 0 aliphatic carbocycles. The highest BCUT2D eigenvalue weighted by Gasteiger charge is 2.44. The van der Waals surface area contributed by atoms with Crippen molar-refractivity contribution in [3.05, 3.63) is 99.2 Å². The van der Waals surface area contributed by atoms with Crippen LogP contribution < -0.4 is 15.1 Å². The van der Waals surface area contributed by atoms with Crippen molar-refractivity contribution in [3.63, 3.8) is 0 Å². The molecule has 1 aromatic heterocycles. The van der Waals surface area contributed by atoms with Crippen molar-refractivity contribution in [3.8, 4) is 11.5 Å². The van der Waals surface area contributed by atoms with E-state index in [-0.39, 0.29) is 45.0 Å². The van der Waals surface area contributed by atoms with Gasteiger partial charge in [0.05, 0.1) is 29.7 Å².